The first-order valence-electron chi connectivity index (χ1n) is 9.53. The summed E-state index contributed by atoms with van der Waals surface area (Å²) in [4.78, 5) is -0.0805. The van der Waals surface area contributed by atoms with Crippen molar-refractivity contribution in [2.24, 2.45) is 0 Å². The minimum absolute atomic E-state index is 0.0402. The number of nitrogen functional groups attached to an aromatic ring is 4. The summed E-state index contributed by atoms with van der Waals surface area (Å²) in [5.74, 6) is 0. The molecule has 0 aliphatic carbocycles. The van der Waals surface area contributed by atoms with E-state index in [1.165, 1.54) is 12.1 Å². The maximum Gasteiger partial charge on any atom is 0.211 e. The van der Waals surface area contributed by atoms with Gasteiger partial charge < -0.3 is 22.9 Å². The molecule has 0 aromatic heterocycles. The molecular weight excluding hydrogens is 408 g/mol. The molecule has 0 radical (unpaired) electrons. The average Bonchev–Trinajstić information content (AvgIpc) is 2.73. The number of anilines is 4. The SMILES string of the molecule is Nc1cc(N)c(S(=O)(=O)c2c(N)cc(N)cc2-c2ccccc2)c(-c2ccccc2)c1. The Kier molecular flexibility index (Phi) is 5.04. The lowest BCUT2D eigenvalue weighted by Crippen LogP contribution is -2.12. The van der Waals surface area contributed by atoms with Crippen molar-refractivity contribution in [2.45, 2.75) is 9.79 Å². The van der Waals surface area contributed by atoms with E-state index in [1.807, 2.05) is 36.4 Å². The maximum atomic E-state index is 14.0. The molecule has 0 heterocycles. The zero-order valence-electron chi connectivity index (χ0n) is 16.6. The van der Waals surface area contributed by atoms with E-state index in [4.69, 9.17) is 22.9 Å². The Balaban J connectivity index is 2.07. The lowest BCUT2D eigenvalue weighted by Gasteiger charge is -2.19. The van der Waals surface area contributed by atoms with Gasteiger partial charge in [0.05, 0.1) is 11.4 Å². The zero-order chi connectivity index (χ0) is 22.2. The van der Waals surface area contributed by atoms with E-state index in [1.54, 1.807) is 36.4 Å². The summed E-state index contributed by atoms with van der Waals surface area (Å²) in [6.45, 7) is 0. The summed E-state index contributed by atoms with van der Waals surface area (Å²) in [6, 6.07) is 24.3. The van der Waals surface area contributed by atoms with Crippen molar-refractivity contribution in [3.05, 3.63) is 84.9 Å². The van der Waals surface area contributed by atoms with Gasteiger partial charge in [0.2, 0.25) is 9.84 Å². The number of hydrogen-bond acceptors (Lipinski definition) is 6. The third kappa shape index (κ3) is 3.67. The molecule has 7 heteroatoms. The van der Waals surface area contributed by atoms with Crippen LogP contribution in [-0.2, 0) is 9.84 Å². The van der Waals surface area contributed by atoms with Gasteiger partial charge in [-0.2, -0.15) is 0 Å². The number of rotatable bonds is 4. The molecule has 0 saturated carbocycles. The molecule has 0 amide bonds. The van der Waals surface area contributed by atoms with Crippen molar-refractivity contribution in [3.63, 3.8) is 0 Å². The van der Waals surface area contributed by atoms with Crippen LogP contribution in [0.15, 0.2) is 94.7 Å². The highest BCUT2D eigenvalue weighted by molar-refractivity contribution is 7.92. The Morgan fingerprint density at radius 3 is 1.23 bits per heavy atom. The van der Waals surface area contributed by atoms with Crippen LogP contribution in [0.2, 0.25) is 0 Å². The average molecular weight is 431 g/mol. The molecule has 0 spiro atoms. The largest absolute Gasteiger partial charge is 0.399 e. The molecule has 0 saturated heterocycles. The van der Waals surface area contributed by atoms with Gasteiger partial charge in [0.15, 0.2) is 0 Å². The predicted octanol–water partition coefficient (Wildman–Crippen LogP) is 4.18. The fraction of sp³-hybridized carbons (Fsp3) is 0. The summed E-state index contributed by atoms with van der Waals surface area (Å²) in [5.41, 5.74) is 27.5. The molecule has 0 bridgehead atoms. The van der Waals surface area contributed by atoms with Crippen molar-refractivity contribution in [1.29, 1.82) is 0 Å². The minimum atomic E-state index is -4.15. The zero-order valence-corrected chi connectivity index (χ0v) is 17.4. The maximum absolute atomic E-state index is 14.0. The van der Waals surface area contributed by atoms with Crippen molar-refractivity contribution in [3.8, 4) is 22.3 Å². The molecule has 8 N–H and O–H groups in total. The van der Waals surface area contributed by atoms with Gasteiger partial charge in [0.1, 0.15) is 9.79 Å². The monoisotopic (exact) mass is 430 g/mol. The summed E-state index contributed by atoms with van der Waals surface area (Å²) >= 11 is 0. The smallest absolute Gasteiger partial charge is 0.211 e. The van der Waals surface area contributed by atoms with Crippen LogP contribution < -0.4 is 22.9 Å². The van der Waals surface area contributed by atoms with Crippen molar-refractivity contribution >= 4 is 32.6 Å². The van der Waals surface area contributed by atoms with Gasteiger partial charge >= 0.3 is 0 Å². The van der Waals surface area contributed by atoms with Gasteiger partial charge in [0, 0.05) is 22.5 Å². The summed E-state index contributed by atoms with van der Waals surface area (Å²) in [5, 5.41) is 0. The molecule has 4 aromatic rings. The van der Waals surface area contributed by atoms with E-state index in [0.29, 0.717) is 33.6 Å². The Hall–Kier alpha value is -3.97. The molecular formula is C24H22N4O2S. The molecule has 0 fully saturated rings. The fourth-order valence-electron chi connectivity index (χ4n) is 3.72. The first-order valence-corrected chi connectivity index (χ1v) is 11.0. The van der Waals surface area contributed by atoms with Gasteiger partial charge in [-0.1, -0.05) is 60.7 Å². The van der Waals surface area contributed by atoms with Crippen LogP contribution in [0.1, 0.15) is 0 Å². The first-order chi connectivity index (χ1) is 14.8. The number of sulfone groups is 1. The number of nitrogens with two attached hydrogens (primary N) is 4. The van der Waals surface area contributed by atoms with Gasteiger partial charge in [-0.05, 0) is 35.4 Å². The molecule has 0 unspecified atom stereocenters. The highest BCUT2D eigenvalue weighted by atomic mass is 32.2. The summed E-state index contributed by atoms with van der Waals surface area (Å²) in [7, 11) is -4.15. The second kappa shape index (κ2) is 7.70. The van der Waals surface area contributed by atoms with Crippen LogP contribution in [0.25, 0.3) is 22.3 Å². The van der Waals surface area contributed by atoms with Crippen LogP contribution in [0, 0.1) is 0 Å². The minimum Gasteiger partial charge on any atom is -0.399 e. The Labute approximate surface area is 181 Å². The summed E-state index contributed by atoms with van der Waals surface area (Å²) in [6.07, 6.45) is 0. The van der Waals surface area contributed by atoms with E-state index in [-0.39, 0.29) is 21.2 Å². The van der Waals surface area contributed by atoms with Gasteiger partial charge in [0.25, 0.3) is 0 Å². The molecule has 0 atom stereocenters. The highest BCUT2D eigenvalue weighted by Gasteiger charge is 2.30. The Bertz CT molecular complexity index is 1270. The standard InChI is InChI=1S/C24H22N4O2S/c25-17-11-19(15-7-3-1-4-8-15)23(21(27)13-17)31(29,30)24-20(12-18(26)14-22(24)28)16-9-5-2-6-10-16/h1-14H,25-28H2. The second-order valence-corrected chi connectivity index (χ2v) is 9.03. The van der Waals surface area contributed by atoms with E-state index >= 15 is 0 Å². The quantitative estimate of drug-likeness (QED) is 0.358. The van der Waals surface area contributed by atoms with Crippen molar-refractivity contribution in [2.75, 3.05) is 22.9 Å². The van der Waals surface area contributed by atoms with E-state index in [2.05, 4.69) is 0 Å². The molecule has 156 valence electrons. The Morgan fingerprint density at radius 1 is 0.516 bits per heavy atom. The molecule has 0 aliphatic rings. The number of hydrogen-bond donors (Lipinski definition) is 4. The van der Waals surface area contributed by atoms with E-state index in [9.17, 15) is 8.42 Å². The van der Waals surface area contributed by atoms with E-state index in [0.717, 1.165) is 0 Å². The van der Waals surface area contributed by atoms with Crippen molar-refractivity contribution in [1.82, 2.24) is 0 Å². The van der Waals surface area contributed by atoms with Gasteiger partial charge in [-0.25, -0.2) is 8.42 Å². The molecule has 4 rings (SSSR count). The van der Waals surface area contributed by atoms with Crippen LogP contribution in [0.4, 0.5) is 22.7 Å². The van der Waals surface area contributed by atoms with Gasteiger partial charge in [-0.15, -0.1) is 0 Å². The number of benzene rings is 4. The predicted molar refractivity (Wildman–Crippen MR) is 127 cm³/mol. The second-order valence-electron chi connectivity index (χ2n) is 7.21. The van der Waals surface area contributed by atoms with Crippen LogP contribution in [0.3, 0.4) is 0 Å². The lowest BCUT2D eigenvalue weighted by molar-refractivity contribution is 0.597. The fourth-order valence-corrected chi connectivity index (χ4v) is 5.59. The third-order valence-electron chi connectivity index (χ3n) is 4.99. The van der Waals surface area contributed by atoms with Crippen LogP contribution in [-0.4, -0.2) is 8.42 Å². The van der Waals surface area contributed by atoms with Crippen molar-refractivity contribution < 1.29 is 8.42 Å². The molecule has 4 aromatic carbocycles. The van der Waals surface area contributed by atoms with Crippen LogP contribution >= 0.6 is 0 Å². The topological polar surface area (TPSA) is 138 Å². The highest BCUT2D eigenvalue weighted by Crippen LogP contribution is 2.43. The molecule has 6 nitrogen and oxygen atoms in total. The molecule has 31 heavy (non-hydrogen) atoms. The normalized spacial score (nSPS) is 11.4. The molecule has 0 aliphatic heterocycles. The van der Waals surface area contributed by atoms with Gasteiger partial charge in [-0.3, -0.25) is 0 Å². The third-order valence-corrected chi connectivity index (χ3v) is 6.97. The summed E-state index contributed by atoms with van der Waals surface area (Å²) < 4.78 is 28.1. The van der Waals surface area contributed by atoms with Crippen LogP contribution in [0.5, 0.6) is 0 Å². The van der Waals surface area contributed by atoms with E-state index < -0.39 is 9.84 Å². The Morgan fingerprint density at radius 2 is 0.871 bits per heavy atom. The first kappa shape index (κ1) is 20.3. The lowest BCUT2D eigenvalue weighted by atomic mass is 10.0.